The molecule has 0 spiro atoms. The molecule has 0 aliphatic heterocycles. The summed E-state index contributed by atoms with van der Waals surface area (Å²) in [5.74, 6) is 0.0526. The van der Waals surface area contributed by atoms with Gasteiger partial charge in [-0.15, -0.1) is 0 Å². The minimum atomic E-state index is -0.494. The Balaban J connectivity index is 1.98. The second-order valence-electron chi connectivity index (χ2n) is 4.68. The Labute approximate surface area is 114 Å². The smallest absolute Gasteiger partial charge is 0.324 e. The standard InChI is InChI=1S/C12H16N2O4S/c15-7-6-8-2-1-3-9(8)13-12(16)10-4-5-11(19-10)14(17)18/h4-5,8-9,15H,1-3,6-7H2,(H,13,16)/t8-,9+/m0/s1. The molecule has 19 heavy (non-hydrogen) atoms. The summed E-state index contributed by atoms with van der Waals surface area (Å²) in [6.07, 6.45) is 3.65. The summed E-state index contributed by atoms with van der Waals surface area (Å²) in [5, 5.41) is 22.4. The molecule has 1 aliphatic rings. The van der Waals surface area contributed by atoms with Crippen molar-refractivity contribution < 1.29 is 14.8 Å². The van der Waals surface area contributed by atoms with E-state index in [0.29, 0.717) is 17.2 Å². The number of nitrogens with one attached hydrogen (secondary N) is 1. The molecule has 1 aliphatic carbocycles. The highest BCUT2D eigenvalue weighted by atomic mass is 32.1. The lowest BCUT2D eigenvalue weighted by atomic mass is 10.00. The van der Waals surface area contributed by atoms with Gasteiger partial charge in [-0.3, -0.25) is 14.9 Å². The van der Waals surface area contributed by atoms with Crippen LogP contribution in [-0.4, -0.2) is 28.6 Å². The zero-order valence-corrected chi connectivity index (χ0v) is 11.2. The second kappa shape index (κ2) is 6.12. The fourth-order valence-corrected chi connectivity index (χ4v) is 3.25. The molecule has 1 aromatic rings. The molecule has 1 saturated carbocycles. The van der Waals surface area contributed by atoms with Crippen molar-refractivity contribution >= 4 is 22.2 Å². The molecule has 1 fully saturated rings. The highest BCUT2D eigenvalue weighted by Gasteiger charge is 2.28. The quantitative estimate of drug-likeness (QED) is 0.638. The summed E-state index contributed by atoms with van der Waals surface area (Å²) < 4.78 is 0. The van der Waals surface area contributed by atoms with Crippen molar-refractivity contribution in [3.8, 4) is 0 Å². The van der Waals surface area contributed by atoms with Crippen LogP contribution >= 0.6 is 11.3 Å². The molecule has 0 saturated heterocycles. The van der Waals surface area contributed by atoms with Crippen molar-refractivity contribution in [1.82, 2.24) is 5.32 Å². The summed E-state index contributed by atoms with van der Waals surface area (Å²) in [6, 6.07) is 2.90. The Morgan fingerprint density at radius 2 is 2.32 bits per heavy atom. The number of nitrogens with zero attached hydrogens (tertiary/aromatic N) is 1. The van der Waals surface area contributed by atoms with Crippen LogP contribution in [0.1, 0.15) is 35.4 Å². The number of hydrogen-bond acceptors (Lipinski definition) is 5. The van der Waals surface area contributed by atoms with Crippen molar-refractivity contribution in [2.45, 2.75) is 31.7 Å². The third-order valence-corrected chi connectivity index (χ3v) is 4.51. The van der Waals surface area contributed by atoms with Crippen LogP contribution in [0.5, 0.6) is 0 Å². The largest absolute Gasteiger partial charge is 0.396 e. The van der Waals surface area contributed by atoms with Crippen LogP contribution in [-0.2, 0) is 0 Å². The van der Waals surface area contributed by atoms with Crippen LogP contribution in [0.4, 0.5) is 5.00 Å². The molecule has 104 valence electrons. The number of aliphatic hydroxyl groups excluding tert-OH is 1. The lowest BCUT2D eigenvalue weighted by Crippen LogP contribution is -2.37. The Kier molecular flexibility index (Phi) is 4.49. The van der Waals surface area contributed by atoms with Gasteiger partial charge in [-0.25, -0.2) is 0 Å². The number of amides is 1. The molecule has 1 amide bonds. The lowest BCUT2D eigenvalue weighted by molar-refractivity contribution is -0.380. The molecule has 6 nitrogen and oxygen atoms in total. The average molecular weight is 284 g/mol. The molecule has 0 aromatic carbocycles. The van der Waals surface area contributed by atoms with E-state index < -0.39 is 4.92 Å². The number of rotatable bonds is 5. The second-order valence-corrected chi connectivity index (χ2v) is 5.74. The van der Waals surface area contributed by atoms with E-state index in [1.54, 1.807) is 0 Å². The van der Waals surface area contributed by atoms with Gasteiger partial charge in [0.15, 0.2) is 0 Å². The number of nitro groups is 1. The van der Waals surface area contributed by atoms with E-state index in [0.717, 1.165) is 30.6 Å². The Morgan fingerprint density at radius 3 is 2.95 bits per heavy atom. The van der Waals surface area contributed by atoms with Gasteiger partial charge >= 0.3 is 5.00 Å². The van der Waals surface area contributed by atoms with Crippen molar-refractivity contribution in [2.75, 3.05) is 6.61 Å². The first kappa shape index (κ1) is 14.0. The highest BCUT2D eigenvalue weighted by molar-refractivity contribution is 7.17. The maximum Gasteiger partial charge on any atom is 0.324 e. The van der Waals surface area contributed by atoms with E-state index >= 15 is 0 Å². The number of aliphatic hydroxyl groups is 1. The normalized spacial score (nSPS) is 22.4. The van der Waals surface area contributed by atoms with Gasteiger partial charge in [0.2, 0.25) is 0 Å². The zero-order chi connectivity index (χ0) is 13.8. The molecule has 0 unspecified atom stereocenters. The van der Waals surface area contributed by atoms with Crippen LogP contribution in [0, 0.1) is 16.0 Å². The number of thiophene rings is 1. The average Bonchev–Trinajstić information content (AvgIpc) is 2.99. The van der Waals surface area contributed by atoms with Crippen molar-refractivity contribution in [3.63, 3.8) is 0 Å². The van der Waals surface area contributed by atoms with Crippen LogP contribution < -0.4 is 5.32 Å². The molecule has 0 bridgehead atoms. The van der Waals surface area contributed by atoms with Gasteiger partial charge in [0, 0.05) is 18.7 Å². The van der Waals surface area contributed by atoms with Crippen molar-refractivity contribution in [3.05, 3.63) is 27.1 Å². The van der Waals surface area contributed by atoms with Gasteiger partial charge in [-0.1, -0.05) is 17.8 Å². The molecule has 2 atom stereocenters. The van der Waals surface area contributed by atoms with Gasteiger partial charge in [0.25, 0.3) is 5.91 Å². The maximum atomic E-state index is 12.0. The highest BCUT2D eigenvalue weighted by Crippen LogP contribution is 2.29. The van der Waals surface area contributed by atoms with E-state index in [1.807, 2.05) is 0 Å². The van der Waals surface area contributed by atoms with Crippen LogP contribution in [0.2, 0.25) is 0 Å². The van der Waals surface area contributed by atoms with E-state index in [-0.39, 0.29) is 23.6 Å². The lowest BCUT2D eigenvalue weighted by Gasteiger charge is -2.19. The topological polar surface area (TPSA) is 92.5 Å². The van der Waals surface area contributed by atoms with Crippen LogP contribution in [0.25, 0.3) is 0 Å². The number of hydrogen-bond donors (Lipinski definition) is 2. The van der Waals surface area contributed by atoms with E-state index in [1.165, 1.54) is 12.1 Å². The van der Waals surface area contributed by atoms with Gasteiger partial charge in [0.1, 0.15) is 0 Å². The van der Waals surface area contributed by atoms with Crippen LogP contribution in [0.3, 0.4) is 0 Å². The summed E-state index contributed by atoms with van der Waals surface area (Å²) in [7, 11) is 0. The van der Waals surface area contributed by atoms with Crippen molar-refractivity contribution in [1.29, 1.82) is 0 Å². The molecule has 0 radical (unpaired) electrons. The van der Waals surface area contributed by atoms with E-state index in [9.17, 15) is 14.9 Å². The number of carbonyl (C=O) groups excluding carboxylic acids is 1. The van der Waals surface area contributed by atoms with Crippen molar-refractivity contribution in [2.24, 2.45) is 5.92 Å². The molecule has 2 rings (SSSR count). The molecule has 7 heteroatoms. The van der Waals surface area contributed by atoms with E-state index in [4.69, 9.17) is 5.11 Å². The van der Waals surface area contributed by atoms with E-state index in [2.05, 4.69) is 5.32 Å². The van der Waals surface area contributed by atoms with Gasteiger partial charge in [-0.05, 0) is 31.2 Å². The van der Waals surface area contributed by atoms with Crippen LogP contribution in [0.15, 0.2) is 12.1 Å². The van der Waals surface area contributed by atoms with Gasteiger partial charge < -0.3 is 10.4 Å². The molecule has 1 aromatic heterocycles. The first-order valence-electron chi connectivity index (χ1n) is 6.27. The Morgan fingerprint density at radius 1 is 1.53 bits per heavy atom. The fraction of sp³-hybridized carbons (Fsp3) is 0.583. The predicted octanol–water partition coefficient (Wildman–Crippen LogP) is 1.94. The minimum absolute atomic E-state index is 0.0246. The summed E-state index contributed by atoms with van der Waals surface area (Å²) in [5.41, 5.74) is 0. The van der Waals surface area contributed by atoms with Gasteiger partial charge in [-0.2, -0.15) is 0 Å². The Bertz CT molecular complexity index is 474. The third kappa shape index (κ3) is 3.30. The molecule has 1 heterocycles. The maximum absolute atomic E-state index is 12.0. The third-order valence-electron chi connectivity index (χ3n) is 3.47. The molecule has 2 N–H and O–H groups in total. The minimum Gasteiger partial charge on any atom is -0.396 e. The monoisotopic (exact) mass is 284 g/mol. The van der Waals surface area contributed by atoms with Gasteiger partial charge in [0.05, 0.1) is 9.80 Å². The fourth-order valence-electron chi connectivity index (χ4n) is 2.53. The summed E-state index contributed by atoms with van der Waals surface area (Å²) >= 11 is 0.887. The SMILES string of the molecule is O=C(N[C@@H]1CCC[C@H]1CCO)c1ccc([N+](=O)[O-])s1. The number of carbonyl (C=O) groups is 1. The predicted molar refractivity (Wildman–Crippen MR) is 71.3 cm³/mol. The Hall–Kier alpha value is -1.47. The summed E-state index contributed by atoms with van der Waals surface area (Å²) in [4.78, 5) is 22.4. The molecular formula is C12H16N2O4S. The first-order valence-corrected chi connectivity index (χ1v) is 7.09. The zero-order valence-electron chi connectivity index (χ0n) is 10.4. The molecular weight excluding hydrogens is 268 g/mol. The first-order chi connectivity index (χ1) is 9.11. The summed E-state index contributed by atoms with van der Waals surface area (Å²) in [6.45, 7) is 0.126.